The van der Waals surface area contributed by atoms with Crippen molar-refractivity contribution in [2.75, 3.05) is 23.3 Å². The number of benzene rings is 1. The van der Waals surface area contributed by atoms with Gasteiger partial charge in [0.05, 0.1) is 17.8 Å². The smallest absolute Gasteiger partial charge is 0.264 e. The summed E-state index contributed by atoms with van der Waals surface area (Å²) in [6, 6.07) is 6.77. The molecule has 2 N–H and O–H groups in total. The highest BCUT2D eigenvalue weighted by molar-refractivity contribution is 5.90. The molecule has 0 spiro atoms. The molecule has 33 heavy (non-hydrogen) atoms. The lowest BCUT2D eigenvalue weighted by Crippen LogP contribution is -2.35. The van der Waals surface area contributed by atoms with E-state index in [0.717, 1.165) is 29.7 Å². The summed E-state index contributed by atoms with van der Waals surface area (Å²) >= 11 is 0. The van der Waals surface area contributed by atoms with E-state index >= 15 is 0 Å². The summed E-state index contributed by atoms with van der Waals surface area (Å²) in [5.74, 6) is 1.98. The Hall–Kier alpha value is -3.36. The Morgan fingerprint density at radius 3 is 2.70 bits per heavy atom. The van der Waals surface area contributed by atoms with Crippen molar-refractivity contribution in [3.63, 3.8) is 0 Å². The summed E-state index contributed by atoms with van der Waals surface area (Å²) < 4.78 is 26.7. The first-order valence-electron chi connectivity index (χ1n) is 11.0. The molecule has 1 saturated heterocycles. The van der Waals surface area contributed by atoms with E-state index in [1.807, 2.05) is 26.0 Å². The third-order valence-corrected chi connectivity index (χ3v) is 6.07. The van der Waals surface area contributed by atoms with Crippen LogP contribution in [-0.2, 0) is 4.79 Å². The summed E-state index contributed by atoms with van der Waals surface area (Å²) in [5, 5.41) is 7.17. The predicted molar refractivity (Wildman–Crippen MR) is 125 cm³/mol. The average Bonchev–Trinajstić information content (AvgIpc) is 3.21. The largest absolute Gasteiger partial charge is 0.363 e. The number of anilines is 2. The molecule has 1 amide bonds. The van der Waals surface area contributed by atoms with Crippen LogP contribution < -0.4 is 15.5 Å². The Kier molecular flexibility index (Phi) is 6.40. The predicted octanol–water partition coefficient (Wildman–Crippen LogP) is 4.47. The molecule has 174 valence electrons. The van der Waals surface area contributed by atoms with Gasteiger partial charge in [-0.15, -0.1) is 0 Å². The number of rotatable bonds is 6. The van der Waals surface area contributed by atoms with Gasteiger partial charge in [0.1, 0.15) is 17.5 Å². The maximum absolute atomic E-state index is 13.4. The maximum Gasteiger partial charge on any atom is 0.264 e. The van der Waals surface area contributed by atoms with Crippen molar-refractivity contribution in [1.82, 2.24) is 20.3 Å². The quantitative estimate of drug-likeness (QED) is 0.572. The van der Waals surface area contributed by atoms with E-state index < -0.39 is 6.43 Å². The number of hydrogen-bond donors (Lipinski definition) is 2. The van der Waals surface area contributed by atoms with Crippen molar-refractivity contribution >= 4 is 28.4 Å². The molecular weight excluding hydrogens is 426 g/mol. The third kappa shape index (κ3) is 4.86. The molecule has 2 aromatic heterocycles. The van der Waals surface area contributed by atoms with Gasteiger partial charge in [-0.3, -0.25) is 4.79 Å². The van der Waals surface area contributed by atoms with Gasteiger partial charge in [0.25, 0.3) is 6.43 Å². The molecule has 7 nitrogen and oxygen atoms in total. The van der Waals surface area contributed by atoms with Crippen LogP contribution in [0.1, 0.15) is 55.3 Å². The summed E-state index contributed by atoms with van der Waals surface area (Å²) in [6.07, 6.45) is 0.0597. The zero-order valence-corrected chi connectivity index (χ0v) is 19.2. The number of fused-ring (bicyclic) bond motifs is 1. The van der Waals surface area contributed by atoms with Crippen molar-refractivity contribution in [3.05, 3.63) is 53.0 Å². The Morgan fingerprint density at radius 2 is 1.97 bits per heavy atom. The molecule has 1 aliphatic rings. The van der Waals surface area contributed by atoms with Crippen LogP contribution >= 0.6 is 0 Å². The second-order valence-electron chi connectivity index (χ2n) is 8.54. The van der Waals surface area contributed by atoms with E-state index in [-0.39, 0.29) is 23.6 Å². The Balaban J connectivity index is 1.64. The maximum atomic E-state index is 13.4. The highest BCUT2D eigenvalue weighted by atomic mass is 19.3. The molecule has 1 aliphatic heterocycles. The van der Waals surface area contributed by atoms with Crippen molar-refractivity contribution in [2.45, 2.75) is 52.6 Å². The highest BCUT2D eigenvalue weighted by Gasteiger charge is 2.25. The molecule has 4 rings (SSSR count). The van der Waals surface area contributed by atoms with Crippen LogP contribution in [0.25, 0.3) is 10.9 Å². The Bertz CT molecular complexity index is 1190. The van der Waals surface area contributed by atoms with Gasteiger partial charge >= 0.3 is 0 Å². The molecule has 0 radical (unpaired) electrons. The minimum absolute atomic E-state index is 0.0381. The van der Waals surface area contributed by atoms with E-state index in [9.17, 15) is 13.6 Å². The number of halogens is 2. The number of aromatic nitrogens is 3. The van der Waals surface area contributed by atoms with Gasteiger partial charge in [-0.05, 0) is 44.4 Å². The first-order chi connectivity index (χ1) is 15.7. The fourth-order valence-corrected chi connectivity index (χ4v) is 4.45. The van der Waals surface area contributed by atoms with Crippen molar-refractivity contribution in [3.8, 4) is 0 Å². The number of alkyl halides is 2. The molecule has 1 unspecified atom stereocenters. The van der Waals surface area contributed by atoms with Gasteiger partial charge in [0.15, 0.2) is 0 Å². The number of pyridine rings is 1. The zero-order chi connectivity index (χ0) is 23.7. The molecule has 1 aromatic carbocycles. The molecular formula is C24H28F2N6O. The molecule has 3 aromatic rings. The van der Waals surface area contributed by atoms with Crippen LogP contribution in [0.3, 0.4) is 0 Å². The van der Waals surface area contributed by atoms with Gasteiger partial charge < -0.3 is 15.5 Å². The van der Waals surface area contributed by atoms with Crippen LogP contribution in [0.4, 0.5) is 20.4 Å². The first-order valence-corrected chi connectivity index (χ1v) is 11.0. The van der Waals surface area contributed by atoms with Crippen molar-refractivity contribution in [1.29, 1.82) is 0 Å². The van der Waals surface area contributed by atoms with Crippen LogP contribution in [0.15, 0.2) is 30.5 Å². The number of carbonyl (C=O) groups excluding carboxylic acids is 1. The number of carbonyl (C=O) groups is 1. The minimum atomic E-state index is -2.52. The van der Waals surface area contributed by atoms with E-state index in [0.29, 0.717) is 29.3 Å². The van der Waals surface area contributed by atoms with E-state index in [2.05, 4.69) is 30.5 Å². The summed E-state index contributed by atoms with van der Waals surface area (Å²) in [6.45, 7) is 8.46. The number of amides is 1. The monoisotopic (exact) mass is 454 g/mol. The Labute approximate surface area is 191 Å². The van der Waals surface area contributed by atoms with Crippen LogP contribution in [0, 0.1) is 13.8 Å². The number of aryl methyl sites for hydroxylation is 1. The van der Waals surface area contributed by atoms with Gasteiger partial charge in [-0.25, -0.2) is 23.7 Å². The molecule has 9 heteroatoms. The molecule has 0 bridgehead atoms. The SMILES string of the molecule is CC(=O)N[C@H]1CCN(c2cc3c(NC(C)c4cccc(C(F)F)c4C)nc(C)nc3cn2)C1. The average molecular weight is 455 g/mol. The van der Waals surface area contributed by atoms with Gasteiger partial charge in [0, 0.05) is 37.0 Å². The van der Waals surface area contributed by atoms with E-state index in [4.69, 9.17) is 0 Å². The lowest BCUT2D eigenvalue weighted by molar-refractivity contribution is -0.119. The topological polar surface area (TPSA) is 83.0 Å². The molecule has 0 saturated carbocycles. The fraction of sp³-hybridized carbons (Fsp3) is 0.417. The third-order valence-electron chi connectivity index (χ3n) is 6.07. The molecule has 1 fully saturated rings. The summed E-state index contributed by atoms with van der Waals surface area (Å²) in [4.78, 5) is 27.2. The second kappa shape index (κ2) is 9.25. The second-order valence-corrected chi connectivity index (χ2v) is 8.54. The molecule has 2 atom stereocenters. The Morgan fingerprint density at radius 1 is 1.21 bits per heavy atom. The van der Waals surface area contributed by atoms with Crippen molar-refractivity contribution < 1.29 is 13.6 Å². The number of hydrogen-bond acceptors (Lipinski definition) is 6. The zero-order valence-electron chi connectivity index (χ0n) is 19.2. The first kappa shape index (κ1) is 22.8. The van der Waals surface area contributed by atoms with Gasteiger partial charge in [-0.2, -0.15) is 0 Å². The summed E-state index contributed by atoms with van der Waals surface area (Å²) in [7, 11) is 0. The number of nitrogens with one attached hydrogen (secondary N) is 2. The lowest BCUT2D eigenvalue weighted by atomic mass is 9.97. The van der Waals surface area contributed by atoms with Gasteiger partial charge in [-0.1, -0.05) is 18.2 Å². The van der Waals surface area contributed by atoms with Crippen LogP contribution in [0.5, 0.6) is 0 Å². The molecule has 3 heterocycles. The minimum Gasteiger partial charge on any atom is -0.363 e. The van der Waals surface area contributed by atoms with E-state index in [1.54, 1.807) is 19.2 Å². The molecule has 0 aliphatic carbocycles. The van der Waals surface area contributed by atoms with Crippen LogP contribution in [0.2, 0.25) is 0 Å². The van der Waals surface area contributed by atoms with Crippen molar-refractivity contribution in [2.24, 2.45) is 0 Å². The fourth-order valence-electron chi connectivity index (χ4n) is 4.45. The lowest BCUT2D eigenvalue weighted by Gasteiger charge is -2.21. The number of nitrogens with zero attached hydrogens (tertiary/aromatic N) is 4. The highest BCUT2D eigenvalue weighted by Crippen LogP contribution is 2.32. The van der Waals surface area contributed by atoms with Gasteiger partial charge in [0.2, 0.25) is 5.91 Å². The standard InChI is InChI=1S/C24H28F2N6O/c1-13-18(6-5-7-19(13)23(25)26)14(2)28-24-20-10-22(27-11-21(20)29-15(3)30-24)32-9-8-17(12-32)31-16(4)33/h5-7,10-11,14,17,23H,8-9,12H2,1-4H3,(H,31,33)(H,28,29,30)/t14?,17-/m0/s1. The van der Waals surface area contributed by atoms with E-state index in [1.165, 1.54) is 13.0 Å². The summed E-state index contributed by atoms with van der Waals surface area (Å²) in [5.41, 5.74) is 2.12. The normalized spacial score (nSPS) is 16.9. The van der Waals surface area contributed by atoms with Crippen LogP contribution in [-0.4, -0.2) is 40.0 Å².